The van der Waals surface area contributed by atoms with Gasteiger partial charge in [-0.1, -0.05) is 6.07 Å². The Morgan fingerprint density at radius 3 is 2.78 bits per heavy atom. The Morgan fingerprint density at radius 1 is 1.17 bits per heavy atom. The summed E-state index contributed by atoms with van der Waals surface area (Å²) in [5, 5.41) is 0. The van der Waals surface area contributed by atoms with Crippen molar-refractivity contribution < 1.29 is 0 Å². The lowest BCUT2D eigenvalue weighted by atomic mass is 10.3. The molecule has 0 aromatic carbocycles. The van der Waals surface area contributed by atoms with E-state index in [1.54, 1.807) is 0 Å². The molecule has 3 aromatic rings. The van der Waals surface area contributed by atoms with Crippen LogP contribution in [0.5, 0.6) is 0 Å². The molecule has 3 aromatic heterocycles. The van der Waals surface area contributed by atoms with Crippen LogP contribution in [0.15, 0.2) is 23.0 Å². The molecule has 0 radical (unpaired) electrons. The Hall–Kier alpha value is -2.70. The van der Waals surface area contributed by atoms with E-state index in [-0.39, 0.29) is 17.2 Å². The Bertz CT molecular complexity index is 788. The lowest BCUT2D eigenvalue weighted by Crippen LogP contribution is -2.10. The van der Waals surface area contributed by atoms with Crippen molar-refractivity contribution in [2.75, 3.05) is 5.73 Å². The molecule has 0 bridgehead atoms. The number of H-pyrrole nitrogens is 2. The van der Waals surface area contributed by atoms with Crippen molar-refractivity contribution in [1.29, 1.82) is 0 Å². The molecule has 0 aliphatic heterocycles. The Balaban J connectivity index is 2.26. The molecule has 0 spiro atoms. The largest absolute Gasteiger partial charge is 0.369 e. The highest BCUT2D eigenvalue weighted by Crippen LogP contribution is 2.15. The predicted molar refractivity (Wildman–Crippen MR) is 66.9 cm³/mol. The van der Waals surface area contributed by atoms with Crippen molar-refractivity contribution in [3.8, 4) is 11.5 Å². The molecule has 3 rings (SSSR count). The molecule has 3 heterocycles. The predicted octanol–water partition coefficient (Wildman–Crippen LogP) is 0.599. The fourth-order valence-electron chi connectivity index (χ4n) is 1.72. The van der Waals surface area contributed by atoms with Gasteiger partial charge in [-0.05, 0) is 19.1 Å². The number of hydrogen-bond donors (Lipinski definition) is 3. The van der Waals surface area contributed by atoms with Gasteiger partial charge in [0, 0.05) is 5.69 Å². The average Bonchev–Trinajstić information content (AvgIpc) is 2.73. The summed E-state index contributed by atoms with van der Waals surface area (Å²) in [4.78, 5) is 29.5. The van der Waals surface area contributed by atoms with Crippen LogP contribution in [0.2, 0.25) is 0 Å². The van der Waals surface area contributed by atoms with E-state index in [1.807, 2.05) is 25.1 Å². The summed E-state index contributed by atoms with van der Waals surface area (Å²) >= 11 is 0. The third kappa shape index (κ3) is 1.61. The van der Waals surface area contributed by atoms with Gasteiger partial charge < -0.3 is 10.7 Å². The molecule has 90 valence electrons. The number of fused-ring (bicyclic) bond motifs is 1. The van der Waals surface area contributed by atoms with Crippen LogP contribution in [-0.4, -0.2) is 24.9 Å². The van der Waals surface area contributed by atoms with E-state index in [1.165, 1.54) is 0 Å². The maximum atomic E-state index is 11.6. The van der Waals surface area contributed by atoms with Crippen molar-refractivity contribution in [1.82, 2.24) is 24.9 Å². The van der Waals surface area contributed by atoms with Gasteiger partial charge in [0.25, 0.3) is 5.56 Å². The van der Waals surface area contributed by atoms with Crippen LogP contribution in [0.3, 0.4) is 0 Å². The summed E-state index contributed by atoms with van der Waals surface area (Å²) in [6, 6.07) is 5.56. The van der Waals surface area contributed by atoms with E-state index < -0.39 is 0 Å². The summed E-state index contributed by atoms with van der Waals surface area (Å²) < 4.78 is 0. The van der Waals surface area contributed by atoms with E-state index in [0.717, 1.165) is 5.69 Å². The van der Waals surface area contributed by atoms with Crippen molar-refractivity contribution >= 4 is 17.1 Å². The van der Waals surface area contributed by atoms with Crippen LogP contribution in [0.25, 0.3) is 22.7 Å². The average molecular weight is 242 g/mol. The van der Waals surface area contributed by atoms with Gasteiger partial charge >= 0.3 is 0 Å². The van der Waals surface area contributed by atoms with Crippen LogP contribution in [-0.2, 0) is 0 Å². The van der Waals surface area contributed by atoms with E-state index in [0.29, 0.717) is 17.0 Å². The van der Waals surface area contributed by atoms with Crippen LogP contribution in [0.1, 0.15) is 5.69 Å². The number of aryl methyl sites for hydroxylation is 1. The van der Waals surface area contributed by atoms with Crippen LogP contribution in [0.4, 0.5) is 5.95 Å². The lowest BCUT2D eigenvalue weighted by molar-refractivity contribution is 1.16. The number of nitrogens with one attached hydrogen (secondary N) is 2. The highest BCUT2D eigenvalue weighted by atomic mass is 16.1. The van der Waals surface area contributed by atoms with Crippen molar-refractivity contribution in [3.63, 3.8) is 0 Å². The molecule has 0 unspecified atom stereocenters. The maximum Gasteiger partial charge on any atom is 0.278 e. The molecule has 7 nitrogen and oxygen atoms in total. The number of aromatic nitrogens is 5. The normalized spacial score (nSPS) is 10.9. The molecule has 7 heteroatoms. The summed E-state index contributed by atoms with van der Waals surface area (Å²) in [6.07, 6.45) is 0. The van der Waals surface area contributed by atoms with Crippen molar-refractivity contribution in [3.05, 3.63) is 34.2 Å². The number of nitrogens with two attached hydrogens (primary N) is 1. The van der Waals surface area contributed by atoms with Gasteiger partial charge in [-0.3, -0.25) is 9.78 Å². The summed E-state index contributed by atoms with van der Waals surface area (Å²) in [5.41, 5.74) is 7.23. The Kier molecular flexibility index (Phi) is 2.12. The number of pyridine rings is 1. The molecule has 0 saturated carbocycles. The number of nitrogen functional groups attached to an aromatic ring is 1. The lowest BCUT2D eigenvalue weighted by Gasteiger charge is -1.96. The first-order chi connectivity index (χ1) is 8.63. The minimum atomic E-state index is -0.344. The quantitative estimate of drug-likeness (QED) is 0.578. The molecule has 0 aliphatic rings. The zero-order chi connectivity index (χ0) is 12.7. The van der Waals surface area contributed by atoms with Gasteiger partial charge in [0.05, 0.1) is 0 Å². The topological polar surface area (TPSA) is 113 Å². The van der Waals surface area contributed by atoms with Gasteiger partial charge in [0.2, 0.25) is 5.95 Å². The first-order valence-electron chi connectivity index (χ1n) is 5.33. The van der Waals surface area contributed by atoms with E-state index in [4.69, 9.17) is 5.73 Å². The molecule has 0 fully saturated rings. The second-order valence-electron chi connectivity index (χ2n) is 3.90. The summed E-state index contributed by atoms with van der Waals surface area (Å²) in [5.74, 6) is 0.542. The SMILES string of the molecule is Cc1cccc(-c2nc3nc(N)[nH]c(=O)c3[nH]2)n1. The second kappa shape index (κ2) is 3.66. The molecule has 0 saturated heterocycles. The summed E-state index contributed by atoms with van der Waals surface area (Å²) in [7, 11) is 0. The standard InChI is InChI=1S/C11H10N6O/c1-5-3-2-4-6(13-5)8-14-7-9(15-8)16-11(12)17-10(7)18/h2-4H,1H3,(H4,12,14,15,16,17,18). The molecule has 4 N–H and O–H groups in total. The fraction of sp³-hybridized carbons (Fsp3) is 0.0909. The fourth-order valence-corrected chi connectivity index (χ4v) is 1.72. The number of imidazole rings is 1. The van der Waals surface area contributed by atoms with E-state index in [9.17, 15) is 4.79 Å². The van der Waals surface area contributed by atoms with Gasteiger partial charge in [-0.15, -0.1) is 0 Å². The molecule has 0 amide bonds. The van der Waals surface area contributed by atoms with Crippen molar-refractivity contribution in [2.45, 2.75) is 6.92 Å². The highest BCUT2D eigenvalue weighted by Gasteiger charge is 2.10. The number of nitrogens with zero attached hydrogens (tertiary/aromatic N) is 3. The van der Waals surface area contributed by atoms with E-state index in [2.05, 4.69) is 24.9 Å². The monoisotopic (exact) mass is 242 g/mol. The number of rotatable bonds is 1. The molecule has 18 heavy (non-hydrogen) atoms. The minimum absolute atomic E-state index is 0.0442. The summed E-state index contributed by atoms with van der Waals surface area (Å²) in [6.45, 7) is 1.88. The van der Waals surface area contributed by atoms with E-state index >= 15 is 0 Å². The van der Waals surface area contributed by atoms with Gasteiger partial charge in [0.1, 0.15) is 5.69 Å². The maximum absolute atomic E-state index is 11.6. The second-order valence-corrected chi connectivity index (χ2v) is 3.90. The highest BCUT2D eigenvalue weighted by molar-refractivity contribution is 5.74. The molecular weight excluding hydrogens is 232 g/mol. The zero-order valence-corrected chi connectivity index (χ0v) is 9.56. The first kappa shape index (κ1) is 10.5. The zero-order valence-electron chi connectivity index (χ0n) is 9.56. The van der Waals surface area contributed by atoms with Crippen molar-refractivity contribution in [2.24, 2.45) is 0 Å². The number of hydrogen-bond acceptors (Lipinski definition) is 5. The Labute approximate surface area is 101 Å². The number of aromatic amines is 2. The van der Waals surface area contributed by atoms with Gasteiger partial charge in [0.15, 0.2) is 17.0 Å². The molecular formula is C11H10N6O. The first-order valence-corrected chi connectivity index (χ1v) is 5.33. The van der Waals surface area contributed by atoms with Gasteiger partial charge in [-0.2, -0.15) is 4.98 Å². The molecule has 0 atom stereocenters. The van der Waals surface area contributed by atoms with Crippen LogP contribution in [0, 0.1) is 6.92 Å². The minimum Gasteiger partial charge on any atom is -0.369 e. The van der Waals surface area contributed by atoms with Crippen LogP contribution < -0.4 is 11.3 Å². The third-order valence-corrected chi connectivity index (χ3v) is 2.51. The third-order valence-electron chi connectivity index (χ3n) is 2.51. The van der Waals surface area contributed by atoms with Crippen LogP contribution >= 0.6 is 0 Å². The smallest absolute Gasteiger partial charge is 0.278 e. The molecule has 0 aliphatic carbocycles. The number of anilines is 1. The van der Waals surface area contributed by atoms with Gasteiger partial charge in [-0.25, -0.2) is 9.97 Å². The Morgan fingerprint density at radius 2 is 2.00 bits per heavy atom.